The van der Waals surface area contributed by atoms with Crippen molar-refractivity contribution in [2.24, 2.45) is 4.99 Å². The van der Waals surface area contributed by atoms with Crippen molar-refractivity contribution in [2.45, 2.75) is 37.8 Å². The highest BCUT2D eigenvalue weighted by molar-refractivity contribution is 9.11. The maximum Gasteiger partial charge on any atom is 0.130 e. The molecule has 0 heterocycles. The first-order valence-corrected chi connectivity index (χ1v) is 7.54. The molecule has 0 aromatic heterocycles. The molecule has 0 spiro atoms. The molecule has 0 radical (unpaired) electrons. The molecule has 0 bridgehead atoms. The van der Waals surface area contributed by atoms with Crippen LogP contribution in [-0.4, -0.2) is 28.6 Å². The first-order chi connectivity index (χ1) is 8.56. The van der Waals surface area contributed by atoms with Crippen LogP contribution in [0.15, 0.2) is 26.1 Å². The molecule has 5 heteroatoms. The number of aliphatic imine (C=N–C) groups is 1. The lowest BCUT2D eigenvalue weighted by molar-refractivity contribution is 0.123. The van der Waals surface area contributed by atoms with E-state index in [0.717, 1.165) is 35.7 Å². The van der Waals surface area contributed by atoms with E-state index in [4.69, 9.17) is 0 Å². The highest BCUT2D eigenvalue weighted by atomic mass is 79.9. The molecule has 18 heavy (non-hydrogen) atoms. The number of aliphatic hydroxyl groups is 1. The number of phenols is 1. The predicted molar refractivity (Wildman–Crippen MR) is 79.4 cm³/mol. The van der Waals surface area contributed by atoms with Crippen LogP contribution in [-0.2, 0) is 0 Å². The molecule has 1 aromatic carbocycles. The molecule has 1 fully saturated rings. The maximum atomic E-state index is 9.63. The third kappa shape index (κ3) is 3.56. The number of aliphatic hydroxyl groups excluding tert-OH is 1. The van der Waals surface area contributed by atoms with E-state index in [1.54, 1.807) is 18.3 Å². The average molecular weight is 377 g/mol. The lowest BCUT2D eigenvalue weighted by Crippen LogP contribution is -2.20. The minimum absolute atomic E-state index is 0.153. The average Bonchev–Trinajstić information content (AvgIpc) is 2.34. The highest BCUT2D eigenvalue weighted by Gasteiger charge is 2.18. The van der Waals surface area contributed by atoms with Gasteiger partial charge in [0.1, 0.15) is 5.75 Å². The van der Waals surface area contributed by atoms with Gasteiger partial charge in [0.15, 0.2) is 0 Å². The van der Waals surface area contributed by atoms with E-state index in [9.17, 15) is 10.2 Å². The zero-order chi connectivity index (χ0) is 13.1. The molecule has 0 unspecified atom stereocenters. The molecule has 1 aliphatic carbocycles. The van der Waals surface area contributed by atoms with E-state index in [0.29, 0.717) is 4.47 Å². The van der Waals surface area contributed by atoms with Crippen LogP contribution in [0.2, 0.25) is 0 Å². The van der Waals surface area contributed by atoms with Crippen LogP contribution < -0.4 is 0 Å². The van der Waals surface area contributed by atoms with Gasteiger partial charge in [0.25, 0.3) is 0 Å². The third-order valence-corrected chi connectivity index (χ3v) is 4.48. The molecular weight excluding hydrogens is 362 g/mol. The van der Waals surface area contributed by atoms with E-state index >= 15 is 0 Å². The Morgan fingerprint density at radius 1 is 1.11 bits per heavy atom. The molecule has 98 valence electrons. The predicted octanol–water partition coefficient (Wildman–Crippen LogP) is 3.64. The summed E-state index contributed by atoms with van der Waals surface area (Å²) in [5.74, 6) is 0.207. The van der Waals surface area contributed by atoms with Crippen LogP contribution in [0, 0.1) is 0 Å². The monoisotopic (exact) mass is 375 g/mol. The summed E-state index contributed by atoms with van der Waals surface area (Å²) in [6.45, 7) is 0. The van der Waals surface area contributed by atoms with E-state index in [1.807, 2.05) is 0 Å². The van der Waals surface area contributed by atoms with Crippen LogP contribution in [0.4, 0.5) is 0 Å². The summed E-state index contributed by atoms with van der Waals surface area (Å²) in [5.41, 5.74) is 0.863. The molecule has 0 amide bonds. The molecular formula is C13H15Br2NO2. The number of hydrogen-bond acceptors (Lipinski definition) is 3. The molecule has 2 rings (SSSR count). The fourth-order valence-corrected chi connectivity index (χ4v) is 3.14. The van der Waals surface area contributed by atoms with Crippen molar-refractivity contribution in [1.82, 2.24) is 0 Å². The van der Waals surface area contributed by atoms with Crippen LogP contribution in [0.1, 0.15) is 31.2 Å². The summed E-state index contributed by atoms with van der Waals surface area (Å²) in [5, 5.41) is 19.1. The minimum atomic E-state index is -0.153. The second kappa shape index (κ2) is 6.17. The number of aromatic hydroxyl groups is 1. The molecule has 0 atom stereocenters. The summed E-state index contributed by atoms with van der Waals surface area (Å²) in [7, 11) is 0. The van der Waals surface area contributed by atoms with Crippen molar-refractivity contribution >= 4 is 38.1 Å². The quantitative estimate of drug-likeness (QED) is 0.774. The van der Waals surface area contributed by atoms with Gasteiger partial charge in [-0.05, 0) is 53.7 Å². The maximum absolute atomic E-state index is 9.63. The van der Waals surface area contributed by atoms with E-state index < -0.39 is 0 Å². The number of hydrogen-bond donors (Lipinski definition) is 2. The fourth-order valence-electron chi connectivity index (χ4n) is 2.05. The van der Waals surface area contributed by atoms with Gasteiger partial charge < -0.3 is 10.2 Å². The van der Waals surface area contributed by atoms with Crippen molar-refractivity contribution in [2.75, 3.05) is 0 Å². The largest absolute Gasteiger partial charge is 0.507 e. The topological polar surface area (TPSA) is 52.8 Å². The summed E-state index contributed by atoms with van der Waals surface area (Å²) in [6, 6.07) is 3.77. The molecule has 0 saturated heterocycles. The van der Waals surface area contributed by atoms with Gasteiger partial charge >= 0.3 is 0 Å². The Bertz CT molecular complexity index is 455. The number of benzene rings is 1. The van der Waals surface area contributed by atoms with Gasteiger partial charge in [-0.2, -0.15) is 0 Å². The lowest BCUT2D eigenvalue weighted by atomic mass is 9.93. The highest BCUT2D eigenvalue weighted by Crippen LogP contribution is 2.30. The summed E-state index contributed by atoms with van der Waals surface area (Å²) in [4.78, 5) is 4.53. The Hall–Kier alpha value is -0.390. The summed E-state index contributed by atoms with van der Waals surface area (Å²) in [6.07, 6.45) is 5.15. The Kier molecular flexibility index (Phi) is 4.81. The minimum Gasteiger partial charge on any atom is -0.507 e. The Morgan fingerprint density at radius 2 is 1.78 bits per heavy atom. The number of halogens is 2. The van der Waals surface area contributed by atoms with Crippen molar-refractivity contribution < 1.29 is 10.2 Å². The fraction of sp³-hybridized carbons (Fsp3) is 0.462. The van der Waals surface area contributed by atoms with Gasteiger partial charge in [0.05, 0.1) is 16.6 Å². The van der Waals surface area contributed by atoms with E-state index in [-0.39, 0.29) is 17.9 Å². The molecule has 1 aliphatic rings. The summed E-state index contributed by atoms with van der Waals surface area (Å²) < 4.78 is 1.55. The first-order valence-electron chi connectivity index (χ1n) is 5.95. The second-order valence-electron chi connectivity index (χ2n) is 4.57. The van der Waals surface area contributed by atoms with Gasteiger partial charge in [0.2, 0.25) is 0 Å². The number of rotatable bonds is 2. The Labute approximate surface area is 123 Å². The molecule has 1 saturated carbocycles. The number of phenolic OH excluding ortho intramolecular Hbond substituents is 1. The summed E-state index contributed by atoms with van der Waals surface area (Å²) >= 11 is 6.71. The third-order valence-electron chi connectivity index (χ3n) is 3.16. The molecule has 0 aliphatic heterocycles. The normalized spacial score (nSPS) is 24.6. The van der Waals surface area contributed by atoms with E-state index in [1.165, 1.54) is 0 Å². The Morgan fingerprint density at radius 3 is 2.44 bits per heavy atom. The SMILES string of the molecule is Oc1cc(C=N[C@H]2CC[C@H](O)CC2)c(Br)cc1Br. The van der Waals surface area contributed by atoms with Crippen LogP contribution in [0.5, 0.6) is 5.75 Å². The second-order valence-corrected chi connectivity index (χ2v) is 6.27. The molecule has 3 nitrogen and oxygen atoms in total. The first kappa shape index (κ1) is 14.0. The lowest BCUT2D eigenvalue weighted by Gasteiger charge is -2.22. The van der Waals surface area contributed by atoms with Gasteiger partial charge in [-0.25, -0.2) is 0 Å². The smallest absolute Gasteiger partial charge is 0.130 e. The Balaban J connectivity index is 2.07. The van der Waals surface area contributed by atoms with Gasteiger partial charge in [-0.15, -0.1) is 0 Å². The zero-order valence-electron chi connectivity index (χ0n) is 9.81. The van der Waals surface area contributed by atoms with Gasteiger partial charge in [0, 0.05) is 16.3 Å². The van der Waals surface area contributed by atoms with Crippen molar-refractivity contribution in [3.05, 3.63) is 26.6 Å². The van der Waals surface area contributed by atoms with Crippen molar-refractivity contribution in [1.29, 1.82) is 0 Å². The number of nitrogens with zero attached hydrogens (tertiary/aromatic N) is 1. The zero-order valence-corrected chi connectivity index (χ0v) is 13.0. The van der Waals surface area contributed by atoms with Gasteiger partial charge in [-0.3, -0.25) is 4.99 Å². The van der Waals surface area contributed by atoms with Crippen LogP contribution >= 0.6 is 31.9 Å². The molecule has 2 N–H and O–H groups in total. The van der Waals surface area contributed by atoms with Crippen molar-refractivity contribution in [3.63, 3.8) is 0 Å². The van der Waals surface area contributed by atoms with Crippen LogP contribution in [0.3, 0.4) is 0 Å². The standard InChI is InChI=1S/C13H15Br2NO2/c14-11-6-12(15)13(18)5-8(11)7-16-9-1-3-10(17)4-2-9/h5-7,9-10,17-18H,1-4H2/t9-,10-. The van der Waals surface area contributed by atoms with Crippen molar-refractivity contribution in [3.8, 4) is 5.75 Å². The van der Waals surface area contributed by atoms with E-state index in [2.05, 4.69) is 36.9 Å². The molecule has 1 aromatic rings. The van der Waals surface area contributed by atoms with Gasteiger partial charge in [-0.1, -0.05) is 15.9 Å². The van der Waals surface area contributed by atoms with Crippen LogP contribution in [0.25, 0.3) is 0 Å².